The summed E-state index contributed by atoms with van der Waals surface area (Å²) in [5.74, 6) is -0.0432. The summed E-state index contributed by atoms with van der Waals surface area (Å²) in [5, 5.41) is 3.70. The second kappa shape index (κ2) is 8.33. The molecule has 0 saturated heterocycles. The quantitative estimate of drug-likeness (QED) is 0.470. The van der Waals surface area contributed by atoms with Crippen LogP contribution in [0.1, 0.15) is 27.9 Å². The van der Waals surface area contributed by atoms with Crippen molar-refractivity contribution in [2.24, 2.45) is 0 Å². The van der Waals surface area contributed by atoms with Crippen LogP contribution < -0.4 is 5.32 Å². The number of benzene rings is 2. The summed E-state index contributed by atoms with van der Waals surface area (Å²) in [5.41, 5.74) is 8.19. The number of carbonyl (C=O) groups is 1. The van der Waals surface area contributed by atoms with Gasteiger partial charge in [-0.15, -0.1) is 0 Å². The average molecular weight is 418 g/mol. The molecule has 5 heteroatoms. The Morgan fingerprint density at radius 1 is 1.00 bits per heavy atom. The van der Waals surface area contributed by atoms with Crippen LogP contribution in [-0.2, 0) is 17.8 Å². The number of aromatic nitrogens is 2. The first-order valence-electron chi connectivity index (χ1n) is 9.97. The molecule has 1 amide bonds. The lowest BCUT2D eigenvalue weighted by atomic mass is 10.0. The predicted molar refractivity (Wildman–Crippen MR) is 122 cm³/mol. The molecule has 0 atom stereocenters. The number of nitrogens with one attached hydrogen (secondary N) is 1. The molecule has 0 bridgehead atoms. The van der Waals surface area contributed by atoms with Crippen LogP contribution in [0.2, 0.25) is 5.02 Å². The number of imidazole rings is 1. The Morgan fingerprint density at radius 3 is 2.50 bits per heavy atom. The van der Waals surface area contributed by atoms with E-state index in [2.05, 4.69) is 37.4 Å². The summed E-state index contributed by atoms with van der Waals surface area (Å²) in [7, 11) is 0. The lowest BCUT2D eigenvalue weighted by Gasteiger charge is -2.09. The van der Waals surface area contributed by atoms with Crippen molar-refractivity contribution in [3.8, 4) is 11.3 Å². The maximum absolute atomic E-state index is 12.8. The molecule has 0 aliphatic carbocycles. The van der Waals surface area contributed by atoms with E-state index in [9.17, 15) is 4.79 Å². The number of hydrogen-bond donors (Lipinski definition) is 1. The number of carbonyl (C=O) groups excluding carboxylic acids is 1. The lowest BCUT2D eigenvalue weighted by molar-refractivity contribution is -0.120. The lowest BCUT2D eigenvalue weighted by Crippen LogP contribution is -2.25. The van der Waals surface area contributed by atoms with Gasteiger partial charge in [0, 0.05) is 23.3 Å². The second-order valence-electron chi connectivity index (χ2n) is 7.67. The molecular formula is C25H24ClN3O. The number of pyridine rings is 1. The van der Waals surface area contributed by atoms with E-state index in [-0.39, 0.29) is 12.3 Å². The highest BCUT2D eigenvalue weighted by Crippen LogP contribution is 2.28. The Morgan fingerprint density at radius 2 is 1.77 bits per heavy atom. The van der Waals surface area contributed by atoms with Gasteiger partial charge in [0.1, 0.15) is 5.65 Å². The first-order chi connectivity index (χ1) is 14.4. The second-order valence-corrected chi connectivity index (χ2v) is 8.11. The first kappa shape index (κ1) is 20.2. The van der Waals surface area contributed by atoms with Gasteiger partial charge < -0.3 is 9.72 Å². The third kappa shape index (κ3) is 4.10. The van der Waals surface area contributed by atoms with Gasteiger partial charge in [-0.05, 0) is 67.3 Å². The van der Waals surface area contributed by atoms with Crippen LogP contribution in [0.25, 0.3) is 16.9 Å². The minimum absolute atomic E-state index is 0.0432. The molecule has 2 aromatic heterocycles. The largest absolute Gasteiger partial charge is 0.352 e. The van der Waals surface area contributed by atoms with Crippen LogP contribution in [0, 0.1) is 20.8 Å². The fraction of sp³-hybridized carbons (Fsp3) is 0.200. The Hall–Kier alpha value is -3.11. The average Bonchev–Trinajstić information content (AvgIpc) is 3.09. The van der Waals surface area contributed by atoms with E-state index >= 15 is 0 Å². The number of halogens is 1. The zero-order valence-corrected chi connectivity index (χ0v) is 18.1. The van der Waals surface area contributed by atoms with Crippen LogP contribution in [-0.4, -0.2) is 15.3 Å². The summed E-state index contributed by atoms with van der Waals surface area (Å²) in [6.45, 7) is 6.69. The van der Waals surface area contributed by atoms with Crippen molar-refractivity contribution in [3.05, 3.63) is 93.8 Å². The molecule has 152 valence electrons. The van der Waals surface area contributed by atoms with E-state index in [1.54, 1.807) is 0 Å². The highest BCUT2D eigenvalue weighted by molar-refractivity contribution is 6.30. The summed E-state index contributed by atoms with van der Waals surface area (Å²) >= 11 is 5.94. The van der Waals surface area contributed by atoms with Crippen molar-refractivity contribution in [1.29, 1.82) is 0 Å². The molecule has 4 rings (SSSR count). The van der Waals surface area contributed by atoms with E-state index in [1.807, 2.05) is 53.9 Å². The van der Waals surface area contributed by atoms with Gasteiger partial charge in [0.2, 0.25) is 5.91 Å². The van der Waals surface area contributed by atoms with Crippen LogP contribution in [0.5, 0.6) is 0 Å². The fourth-order valence-electron chi connectivity index (χ4n) is 3.56. The van der Waals surface area contributed by atoms with E-state index < -0.39 is 0 Å². The van der Waals surface area contributed by atoms with Crippen LogP contribution in [0.3, 0.4) is 0 Å². The SMILES string of the molecule is Cc1ccc(-c2nc3c(C)cccn3c2CC(=O)NCc2ccc(Cl)cc2)cc1C. The molecule has 1 N–H and O–H groups in total. The number of rotatable bonds is 5. The van der Waals surface area contributed by atoms with E-state index in [0.717, 1.165) is 33.7 Å². The molecule has 2 aromatic carbocycles. The molecule has 0 aliphatic rings. The maximum Gasteiger partial charge on any atom is 0.226 e. The molecular weight excluding hydrogens is 394 g/mol. The summed E-state index contributed by atoms with van der Waals surface area (Å²) < 4.78 is 2.03. The van der Waals surface area contributed by atoms with Crippen molar-refractivity contribution in [1.82, 2.24) is 14.7 Å². The Bertz CT molecular complexity index is 1230. The van der Waals surface area contributed by atoms with Gasteiger partial charge in [-0.2, -0.15) is 0 Å². The third-order valence-electron chi connectivity index (χ3n) is 5.46. The normalized spacial score (nSPS) is 11.1. The fourth-order valence-corrected chi connectivity index (χ4v) is 3.69. The maximum atomic E-state index is 12.8. The minimum atomic E-state index is -0.0432. The third-order valence-corrected chi connectivity index (χ3v) is 5.71. The molecule has 4 nitrogen and oxygen atoms in total. The van der Waals surface area contributed by atoms with E-state index in [1.165, 1.54) is 11.1 Å². The number of nitrogens with zero attached hydrogens (tertiary/aromatic N) is 2. The molecule has 30 heavy (non-hydrogen) atoms. The zero-order valence-electron chi connectivity index (χ0n) is 17.4. The highest BCUT2D eigenvalue weighted by atomic mass is 35.5. The van der Waals surface area contributed by atoms with Crippen molar-refractivity contribution >= 4 is 23.2 Å². The van der Waals surface area contributed by atoms with Gasteiger partial charge >= 0.3 is 0 Å². The van der Waals surface area contributed by atoms with Gasteiger partial charge in [-0.3, -0.25) is 4.79 Å². The van der Waals surface area contributed by atoms with Crippen LogP contribution in [0.4, 0.5) is 0 Å². The molecule has 0 aliphatic heterocycles. The van der Waals surface area contributed by atoms with Crippen LogP contribution in [0.15, 0.2) is 60.8 Å². The van der Waals surface area contributed by atoms with Gasteiger partial charge in [0.15, 0.2) is 0 Å². The highest BCUT2D eigenvalue weighted by Gasteiger charge is 2.18. The predicted octanol–water partition coefficient (Wildman–Crippen LogP) is 5.44. The first-order valence-corrected chi connectivity index (χ1v) is 10.4. The topological polar surface area (TPSA) is 46.4 Å². The van der Waals surface area contributed by atoms with Crippen LogP contribution >= 0.6 is 11.6 Å². The summed E-state index contributed by atoms with van der Waals surface area (Å²) in [6.07, 6.45) is 2.22. The molecule has 0 saturated carbocycles. The van der Waals surface area contributed by atoms with Gasteiger partial charge in [-0.25, -0.2) is 4.98 Å². The van der Waals surface area contributed by atoms with E-state index in [0.29, 0.717) is 11.6 Å². The number of hydrogen-bond acceptors (Lipinski definition) is 2. The van der Waals surface area contributed by atoms with Crippen molar-refractivity contribution < 1.29 is 4.79 Å². The standard InChI is InChI=1S/C25H24ClN3O/c1-16-6-9-20(13-18(16)3)24-22(29-12-4-5-17(2)25(29)28-24)14-23(30)27-15-19-7-10-21(26)11-8-19/h4-13H,14-15H2,1-3H3,(H,27,30). The monoisotopic (exact) mass is 417 g/mol. The van der Waals surface area contributed by atoms with Gasteiger partial charge in [-0.1, -0.05) is 41.9 Å². The van der Waals surface area contributed by atoms with Crippen molar-refractivity contribution in [3.63, 3.8) is 0 Å². The molecule has 0 unspecified atom stereocenters. The summed E-state index contributed by atoms with van der Waals surface area (Å²) in [4.78, 5) is 17.7. The number of amides is 1. The van der Waals surface area contributed by atoms with E-state index in [4.69, 9.17) is 16.6 Å². The molecule has 0 spiro atoms. The Labute approximate surface area is 181 Å². The Kier molecular flexibility index (Phi) is 5.60. The smallest absolute Gasteiger partial charge is 0.226 e. The van der Waals surface area contributed by atoms with Gasteiger partial charge in [0.05, 0.1) is 17.8 Å². The minimum Gasteiger partial charge on any atom is -0.352 e. The molecule has 0 fully saturated rings. The molecule has 2 heterocycles. The van der Waals surface area contributed by atoms with Crippen molar-refractivity contribution in [2.75, 3.05) is 0 Å². The number of aryl methyl sites for hydroxylation is 3. The zero-order chi connectivity index (χ0) is 21.3. The molecule has 4 aromatic rings. The number of fused-ring (bicyclic) bond motifs is 1. The molecule has 0 radical (unpaired) electrons. The Balaban J connectivity index is 1.66. The van der Waals surface area contributed by atoms with Crippen molar-refractivity contribution in [2.45, 2.75) is 33.7 Å². The summed E-state index contributed by atoms with van der Waals surface area (Å²) in [6, 6.07) is 17.8. The van der Waals surface area contributed by atoms with Gasteiger partial charge in [0.25, 0.3) is 0 Å².